The molecular formula is C17H16F3N3O2. The summed E-state index contributed by atoms with van der Waals surface area (Å²) in [7, 11) is 0. The second kappa shape index (κ2) is 6.34. The number of aromatic amines is 1. The first kappa shape index (κ1) is 17.2. The Hall–Kier alpha value is -2.64. The first-order valence-corrected chi connectivity index (χ1v) is 7.80. The molecule has 3 rings (SSSR count). The van der Waals surface area contributed by atoms with Crippen LogP contribution in [-0.4, -0.2) is 15.9 Å². The zero-order valence-corrected chi connectivity index (χ0v) is 13.4. The molecule has 1 fully saturated rings. The maximum atomic E-state index is 12.5. The zero-order chi connectivity index (χ0) is 18.2. The number of amides is 1. The number of H-pyrrole nitrogens is 1. The maximum absolute atomic E-state index is 12.5. The minimum Gasteiger partial charge on any atom is -0.348 e. The Kier molecular flexibility index (Phi) is 4.36. The Morgan fingerprint density at radius 2 is 2.08 bits per heavy atom. The number of carbonyl (C=O) groups is 1. The van der Waals surface area contributed by atoms with Crippen molar-refractivity contribution in [3.8, 4) is 0 Å². The summed E-state index contributed by atoms with van der Waals surface area (Å²) in [6, 6.07) is 3.70. The molecule has 1 saturated carbocycles. The summed E-state index contributed by atoms with van der Waals surface area (Å²) in [4.78, 5) is 30.3. The van der Waals surface area contributed by atoms with Gasteiger partial charge in [-0.15, -0.1) is 0 Å². The molecule has 0 saturated heterocycles. The Balaban J connectivity index is 1.69. The predicted molar refractivity (Wildman–Crippen MR) is 84.2 cm³/mol. The van der Waals surface area contributed by atoms with Crippen LogP contribution < -0.4 is 10.9 Å². The number of nitrogens with zero attached hydrogens (tertiary/aromatic N) is 1. The molecule has 2 aromatic rings. The number of aryl methyl sites for hydroxylation is 1. The summed E-state index contributed by atoms with van der Waals surface area (Å²) in [5.74, 6) is -0.181. The number of rotatable bonds is 4. The van der Waals surface area contributed by atoms with Gasteiger partial charge in [-0.3, -0.25) is 14.6 Å². The summed E-state index contributed by atoms with van der Waals surface area (Å²) < 4.78 is 37.4. The second-order valence-corrected chi connectivity index (χ2v) is 6.10. The molecule has 2 N–H and O–H groups in total. The average molecular weight is 351 g/mol. The standard InChI is InChI=1S/C17H16F3N3O2/c1-9-6-13(10-2-3-10)23-16(25)12(9)8-22-15(24)11-4-5-14(21-7-11)17(18,19)20/h4-7,10H,2-3,8H2,1H3,(H,22,24)(H,23,25). The fourth-order valence-corrected chi connectivity index (χ4v) is 2.54. The topological polar surface area (TPSA) is 74.8 Å². The summed E-state index contributed by atoms with van der Waals surface area (Å²) >= 11 is 0. The highest BCUT2D eigenvalue weighted by Gasteiger charge is 2.32. The van der Waals surface area contributed by atoms with E-state index in [4.69, 9.17) is 0 Å². The monoisotopic (exact) mass is 351 g/mol. The number of hydrogen-bond donors (Lipinski definition) is 2. The summed E-state index contributed by atoms with van der Waals surface area (Å²) in [5, 5.41) is 2.54. The van der Waals surface area contributed by atoms with Crippen LogP contribution in [0.4, 0.5) is 13.2 Å². The Morgan fingerprint density at radius 1 is 1.36 bits per heavy atom. The molecule has 132 valence electrons. The molecule has 5 nitrogen and oxygen atoms in total. The Bertz CT molecular complexity index is 853. The van der Waals surface area contributed by atoms with Gasteiger partial charge in [-0.2, -0.15) is 13.2 Å². The van der Waals surface area contributed by atoms with E-state index in [1.165, 1.54) is 0 Å². The van der Waals surface area contributed by atoms with Crippen molar-refractivity contribution < 1.29 is 18.0 Å². The van der Waals surface area contributed by atoms with Crippen molar-refractivity contribution in [1.82, 2.24) is 15.3 Å². The molecular weight excluding hydrogens is 335 g/mol. The van der Waals surface area contributed by atoms with Crippen LogP contribution >= 0.6 is 0 Å². The van der Waals surface area contributed by atoms with E-state index in [1.54, 1.807) is 6.92 Å². The minimum atomic E-state index is -4.55. The van der Waals surface area contributed by atoms with Gasteiger partial charge in [-0.05, 0) is 49.4 Å². The number of hydrogen-bond acceptors (Lipinski definition) is 3. The number of alkyl halides is 3. The summed E-state index contributed by atoms with van der Waals surface area (Å²) in [5.41, 5.74) is 0.787. The van der Waals surface area contributed by atoms with Gasteiger partial charge in [0.15, 0.2) is 0 Å². The molecule has 0 radical (unpaired) electrons. The molecule has 0 aromatic carbocycles. The second-order valence-electron chi connectivity index (χ2n) is 6.10. The van der Waals surface area contributed by atoms with Crippen molar-refractivity contribution in [3.63, 3.8) is 0 Å². The smallest absolute Gasteiger partial charge is 0.348 e. The minimum absolute atomic E-state index is 0.00307. The molecule has 0 unspecified atom stereocenters. The molecule has 0 aliphatic heterocycles. The van der Waals surface area contributed by atoms with E-state index in [-0.39, 0.29) is 17.7 Å². The van der Waals surface area contributed by atoms with E-state index in [0.29, 0.717) is 11.5 Å². The van der Waals surface area contributed by atoms with Gasteiger partial charge in [0.1, 0.15) is 5.69 Å². The summed E-state index contributed by atoms with van der Waals surface area (Å²) in [6.07, 6.45) is -1.56. The lowest BCUT2D eigenvalue weighted by molar-refractivity contribution is -0.141. The van der Waals surface area contributed by atoms with E-state index >= 15 is 0 Å². The van der Waals surface area contributed by atoms with Gasteiger partial charge in [0.25, 0.3) is 11.5 Å². The maximum Gasteiger partial charge on any atom is 0.433 e. The van der Waals surface area contributed by atoms with E-state index < -0.39 is 17.8 Å². The van der Waals surface area contributed by atoms with Crippen LogP contribution in [0.2, 0.25) is 0 Å². The van der Waals surface area contributed by atoms with Gasteiger partial charge < -0.3 is 10.3 Å². The first-order chi connectivity index (χ1) is 11.8. The third kappa shape index (κ3) is 3.89. The number of carbonyl (C=O) groups excluding carboxylic acids is 1. The van der Waals surface area contributed by atoms with E-state index in [1.807, 2.05) is 6.07 Å². The van der Waals surface area contributed by atoms with Crippen LogP contribution in [0.3, 0.4) is 0 Å². The van der Waals surface area contributed by atoms with Gasteiger partial charge in [-0.1, -0.05) is 0 Å². The molecule has 2 aromatic heterocycles. The van der Waals surface area contributed by atoms with Crippen LogP contribution in [-0.2, 0) is 12.7 Å². The number of halogens is 3. The van der Waals surface area contributed by atoms with Crippen LogP contribution in [0.1, 0.15) is 51.6 Å². The largest absolute Gasteiger partial charge is 0.433 e. The van der Waals surface area contributed by atoms with Crippen molar-refractivity contribution in [1.29, 1.82) is 0 Å². The number of pyridine rings is 2. The highest BCUT2D eigenvalue weighted by Crippen LogP contribution is 2.38. The van der Waals surface area contributed by atoms with E-state index in [2.05, 4.69) is 15.3 Å². The van der Waals surface area contributed by atoms with Gasteiger partial charge in [0.05, 0.1) is 5.56 Å². The van der Waals surface area contributed by atoms with Gasteiger partial charge >= 0.3 is 6.18 Å². The van der Waals surface area contributed by atoms with Crippen molar-refractivity contribution in [2.75, 3.05) is 0 Å². The van der Waals surface area contributed by atoms with E-state index in [9.17, 15) is 22.8 Å². The predicted octanol–water partition coefficient (Wildman–Crippen LogP) is 2.90. The number of aromatic nitrogens is 2. The highest BCUT2D eigenvalue weighted by molar-refractivity contribution is 5.93. The molecule has 2 heterocycles. The quantitative estimate of drug-likeness (QED) is 0.889. The van der Waals surface area contributed by atoms with Crippen LogP contribution in [0.15, 0.2) is 29.2 Å². The van der Waals surface area contributed by atoms with Gasteiger partial charge in [0.2, 0.25) is 0 Å². The van der Waals surface area contributed by atoms with Gasteiger partial charge in [-0.25, -0.2) is 0 Å². The van der Waals surface area contributed by atoms with Crippen LogP contribution in [0.5, 0.6) is 0 Å². The molecule has 8 heteroatoms. The lowest BCUT2D eigenvalue weighted by atomic mass is 10.1. The van der Waals surface area contributed by atoms with Crippen molar-refractivity contribution >= 4 is 5.91 Å². The molecule has 1 aliphatic rings. The first-order valence-electron chi connectivity index (χ1n) is 7.80. The Morgan fingerprint density at radius 3 is 2.60 bits per heavy atom. The molecule has 25 heavy (non-hydrogen) atoms. The molecule has 0 atom stereocenters. The Labute approximate surface area is 141 Å². The van der Waals surface area contributed by atoms with Crippen molar-refractivity contribution in [2.45, 2.75) is 38.4 Å². The molecule has 0 bridgehead atoms. The highest BCUT2D eigenvalue weighted by atomic mass is 19.4. The lowest BCUT2D eigenvalue weighted by Crippen LogP contribution is -2.28. The fourth-order valence-electron chi connectivity index (χ4n) is 2.54. The SMILES string of the molecule is Cc1cc(C2CC2)[nH]c(=O)c1CNC(=O)c1ccc(C(F)(F)F)nc1. The molecule has 1 aliphatic carbocycles. The third-order valence-corrected chi connectivity index (χ3v) is 4.14. The normalized spacial score (nSPS) is 14.4. The van der Waals surface area contributed by atoms with Gasteiger partial charge in [0, 0.05) is 24.0 Å². The fraction of sp³-hybridized carbons (Fsp3) is 0.353. The van der Waals surface area contributed by atoms with Crippen molar-refractivity contribution in [2.24, 2.45) is 0 Å². The molecule has 0 spiro atoms. The third-order valence-electron chi connectivity index (χ3n) is 4.14. The summed E-state index contributed by atoms with van der Waals surface area (Å²) in [6.45, 7) is 1.79. The zero-order valence-electron chi connectivity index (χ0n) is 13.4. The lowest BCUT2D eigenvalue weighted by Gasteiger charge is -2.10. The van der Waals surface area contributed by atoms with Crippen LogP contribution in [0.25, 0.3) is 0 Å². The average Bonchev–Trinajstić information content (AvgIpc) is 3.38. The molecule has 1 amide bonds. The van der Waals surface area contributed by atoms with E-state index in [0.717, 1.165) is 42.4 Å². The van der Waals surface area contributed by atoms with Crippen molar-refractivity contribution in [3.05, 3.63) is 62.8 Å². The number of nitrogens with one attached hydrogen (secondary N) is 2. The van der Waals surface area contributed by atoms with Crippen LogP contribution in [0, 0.1) is 6.92 Å².